The third-order valence-corrected chi connectivity index (χ3v) is 5.82. The van der Waals surface area contributed by atoms with Gasteiger partial charge in [-0.25, -0.2) is 4.98 Å². The van der Waals surface area contributed by atoms with E-state index < -0.39 is 18.4 Å². The number of nitrogens with one attached hydrogen (secondary N) is 1. The van der Waals surface area contributed by atoms with Gasteiger partial charge in [-0.05, 0) is 24.4 Å². The first-order valence-electron chi connectivity index (χ1n) is 8.59. The predicted octanol–water partition coefficient (Wildman–Crippen LogP) is 1.80. The van der Waals surface area contributed by atoms with Crippen molar-refractivity contribution in [3.05, 3.63) is 29.2 Å². The minimum absolute atomic E-state index is 0.237. The highest BCUT2D eigenvalue weighted by Gasteiger charge is 2.35. The molecule has 1 aromatic carbocycles. The lowest BCUT2D eigenvalue weighted by Gasteiger charge is -2.24. The minimum Gasteiger partial charge on any atom is -0.490 e. The summed E-state index contributed by atoms with van der Waals surface area (Å²) in [5.74, 6) is 1.36. The van der Waals surface area contributed by atoms with Crippen molar-refractivity contribution in [1.82, 2.24) is 9.55 Å². The van der Waals surface area contributed by atoms with Gasteiger partial charge in [0.25, 0.3) is 0 Å². The molecule has 0 amide bonds. The van der Waals surface area contributed by atoms with Gasteiger partial charge in [0.05, 0.1) is 23.3 Å². The fourth-order valence-corrected chi connectivity index (χ4v) is 4.38. The fraction of sp³-hybridized carbons (Fsp3) is 0.412. The van der Waals surface area contributed by atoms with Crippen LogP contribution in [0.2, 0.25) is 0 Å². The first-order valence-corrected chi connectivity index (χ1v) is 9.81. The molecule has 2 aliphatic rings. The number of nitrogens with two attached hydrogens (primary N) is 1. The smallest absolute Gasteiger partial charge is 0.203 e. The van der Waals surface area contributed by atoms with Crippen LogP contribution in [0, 0.1) is 4.77 Å². The van der Waals surface area contributed by atoms with Gasteiger partial charge in [0.2, 0.25) is 4.77 Å². The van der Waals surface area contributed by atoms with E-state index in [1.807, 2.05) is 24.4 Å². The van der Waals surface area contributed by atoms with Crippen LogP contribution in [0.1, 0.15) is 12.6 Å². The van der Waals surface area contributed by atoms with E-state index in [1.165, 1.54) is 0 Å². The number of aliphatic hydroxyl groups excluding tert-OH is 2. The number of aliphatic hydroxyl groups is 2. The first-order chi connectivity index (χ1) is 13.1. The van der Waals surface area contributed by atoms with Crippen molar-refractivity contribution in [2.24, 2.45) is 5.73 Å². The molecule has 1 fully saturated rings. The highest BCUT2D eigenvalue weighted by Crippen LogP contribution is 2.47. The van der Waals surface area contributed by atoms with Crippen molar-refractivity contribution < 1.29 is 19.7 Å². The molecule has 1 aromatic heterocycles. The molecule has 3 heterocycles. The van der Waals surface area contributed by atoms with E-state index in [0.717, 1.165) is 15.5 Å². The zero-order chi connectivity index (χ0) is 19.0. The number of hydrogen-bond donors (Lipinski definition) is 4. The average Bonchev–Trinajstić information content (AvgIpc) is 3.04. The monoisotopic (exact) mass is 408 g/mol. The quantitative estimate of drug-likeness (QED) is 0.469. The second-order valence-corrected chi connectivity index (χ2v) is 7.70. The Morgan fingerprint density at radius 2 is 2.30 bits per heavy atom. The normalized spacial score (nSPS) is 23.4. The van der Waals surface area contributed by atoms with Crippen LogP contribution in [0.5, 0.6) is 5.75 Å². The van der Waals surface area contributed by atoms with Crippen LogP contribution in [0.4, 0.5) is 11.5 Å². The van der Waals surface area contributed by atoms with Crippen LogP contribution in [-0.4, -0.2) is 51.7 Å². The van der Waals surface area contributed by atoms with E-state index in [4.69, 9.17) is 27.4 Å². The van der Waals surface area contributed by atoms with E-state index in [1.54, 1.807) is 16.3 Å². The maximum atomic E-state index is 9.99. The topological polar surface area (TPSA) is 115 Å². The SMILES string of the molecule is NCCOc1cccc2c1Nc1nc(=S)n([C@H]3CC(O)[C@@H](CO)O3)cc1S2. The average molecular weight is 409 g/mol. The largest absolute Gasteiger partial charge is 0.490 e. The van der Waals surface area contributed by atoms with Crippen LogP contribution in [0.15, 0.2) is 34.2 Å². The summed E-state index contributed by atoms with van der Waals surface area (Å²) in [6.07, 6.45) is 0.429. The summed E-state index contributed by atoms with van der Waals surface area (Å²) in [6, 6.07) is 5.80. The number of anilines is 2. The second-order valence-electron chi connectivity index (χ2n) is 6.25. The number of benzene rings is 1. The Bertz CT molecular complexity index is 907. The molecule has 0 radical (unpaired) electrons. The molecule has 0 aliphatic carbocycles. The molecular formula is C17H20N4O4S2. The number of aromatic nitrogens is 2. The van der Waals surface area contributed by atoms with Crippen LogP contribution in [-0.2, 0) is 4.74 Å². The molecule has 5 N–H and O–H groups in total. The van der Waals surface area contributed by atoms with Crippen molar-refractivity contribution in [2.75, 3.05) is 25.1 Å². The molecule has 0 bridgehead atoms. The molecule has 1 saturated heterocycles. The number of ether oxygens (including phenoxy) is 2. The zero-order valence-electron chi connectivity index (χ0n) is 14.4. The molecule has 2 aromatic rings. The molecule has 8 nitrogen and oxygen atoms in total. The molecule has 0 spiro atoms. The third kappa shape index (κ3) is 3.56. The van der Waals surface area contributed by atoms with E-state index >= 15 is 0 Å². The fourth-order valence-electron chi connectivity index (χ4n) is 3.12. The van der Waals surface area contributed by atoms with Crippen LogP contribution < -0.4 is 15.8 Å². The van der Waals surface area contributed by atoms with E-state index in [-0.39, 0.29) is 6.61 Å². The maximum Gasteiger partial charge on any atom is 0.203 e. The lowest BCUT2D eigenvalue weighted by atomic mass is 10.2. The van der Waals surface area contributed by atoms with Crippen molar-refractivity contribution in [3.63, 3.8) is 0 Å². The number of hydrogen-bond acceptors (Lipinski definition) is 9. The van der Waals surface area contributed by atoms with Gasteiger partial charge < -0.3 is 30.7 Å². The van der Waals surface area contributed by atoms with Crippen LogP contribution in [0.25, 0.3) is 0 Å². The highest BCUT2D eigenvalue weighted by atomic mass is 32.2. The van der Waals surface area contributed by atoms with Crippen molar-refractivity contribution in [2.45, 2.75) is 34.6 Å². The summed E-state index contributed by atoms with van der Waals surface area (Å²) in [4.78, 5) is 6.39. The lowest BCUT2D eigenvalue weighted by Crippen LogP contribution is -2.24. The Labute approximate surface area is 165 Å². The number of para-hydroxylation sites is 1. The van der Waals surface area contributed by atoms with E-state index in [0.29, 0.717) is 35.9 Å². The van der Waals surface area contributed by atoms with Gasteiger partial charge in [-0.15, -0.1) is 0 Å². The van der Waals surface area contributed by atoms with E-state index in [2.05, 4.69) is 10.3 Å². The molecule has 27 heavy (non-hydrogen) atoms. The number of fused-ring (bicyclic) bond motifs is 2. The Kier molecular flexibility index (Phi) is 5.35. The van der Waals surface area contributed by atoms with Crippen molar-refractivity contribution in [1.29, 1.82) is 0 Å². The standard InChI is InChI=1S/C17H20N4O4S2/c18-4-5-24-10-2-1-3-12-15(10)19-16-13(27-12)7-21(17(26)20-16)14-6-9(23)11(8-22)25-14/h1-3,7,9,11,14,22-23H,4-6,8,18H2,(H,19,20,26)/t9?,11-,14-/m1/s1. The van der Waals surface area contributed by atoms with Gasteiger partial charge in [0, 0.05) is 24.1 Å². The first kappa shape index (κ1) is 18.7. The van der Waals surface area contributed by atoms with Gasteiger partial charge in [0.15, 0.2) is 0 Å². The van der Waals surface area contributed by atoms with Crippen molar-refractivity contribution >= 4 is 35.5 Å². The summed E-state index contributed by atoms with van der Waals surface area (Å²) in [5.41, 5.74) is 6.37. The summed E-state index contributed by atoms with van der Waals surface area (Å²) in [7, 11) is 0. The molecule has 10 heteroatoms. The van der Waals surface area contributed by atoms with Gasteiger partial charge in [-0.3, -0.25) is 4.57 Å². The third-order valence-electron chi connectivity index (χ3n) is 4.44. The number of rotatable bonds is 5. The molecule has 144 valence electrons. The highest BCUT2D eigenvalue weighted by molar-refractivity contribution is 7.99. The Morgan fingerprint density at radius 1 is 1.44 bits per heavy atom. The molecule has 4 rings (SSSR count). The molecule has 1 unspecified atom stereocenters. The second kappa shape index (κ2) is 7.74. The molecular weight excluding hydrogens is 388 g/mol. The predicted molar refractivity (Wildman–Crippen MR) is 103 cm³/mol. The van der Waals surface area contributed by atoms with Crippen molar-refractivity contribution in [3.8, 4) is 5.75 Å². The zero-order valence-corrected chi connectivity index (χ0v) is 16.0. The maximum absolute atomic E-state index is 9.99. The lowest BCUT2D eigenvalue weighted by molar-refractivity contribution is -0.0454. The Balaban J connectivity index is 1.64. The Morgan fingerprint density at radius 3 is 3.04 bits per heavy atom. The van der Waals surface area contributed by atoms with E-state index in [9.17, 15) is 10.2 Å². The summed E-state index contributed by atoms with van der Waals surface area (Å²) in [5, 5.41) is 22.6. The van der Waals surface area contributed by atoms with Gasteiger partial charge in [0.1, 0.15) is 30.5 Å². The molecule has 3 atom stereocenters. The summed E-state index contributed by atoms with van der Waals surface area (Å²) < 4.78 is 13.5. The van der Waals surface area contributed by atoms with Gasteiger partial charge in [-0.1, -0.05) is 17.8 Å². The summed E-state index contributed by atoms with van der Waals surface area (Å²) in [6.45, 7) is 0.625. The summed E-state index contributed by atoms with van der Waals surface area (Å²) >= 11 is 6.97. The Hall–Kier alpha value is -1.69. The van der Waals surface area contributed by atoms with Crippen LogP contribution in [0.3, 0.4) is 0 Å². The van der Waals surface area contributed by atoms with Gasteiger partial charge in [-0.2, -0.15) is 0 Å². The molecule has 2 aliphatic heterocycles. The van der Waals surface area contributed by atoms with Gasteiger partial charge >= 0.3 is 0 Å². The minimum atomic E-state index is -0.730. The molecule has 0 saturated carbocycles. The van der Waals surface area contributed by atoms with Crippen LogP contribution >= 0.6 is 24.0 Å². The number of nitrogens with zero attached hydrogens (tertiary/aromatic N) is 2.